The van der Waals surface area contributed by atoms with E-state index in [1.54, 1.807) is 0 Å². The van der Waals surface area contributed by atoms with E-state index in [-0.39, 0.29) is 18.1 Å². The Morgan fingerprint density at radius 3 is 1.46 bits per heavy atom. The van der Waals surface area contributed by atoms with Crippen LogP contribution >= 0.6 is 35.2 Å². The second kappa shape index (κ2) is 35.3. The molecular weight excluding hydrogens is 937 g/mol. The SMILES string of the molecule is CCCCCCCCCCCCCCCC(=O)O[C@@H](COP(=O)(O)OC1C(O)[C@H](O)C(OP(=O)(O)O)[C@H](OP(=O)(O)O)[C@@H]1O)CC(=O)OCCCCCCCCCCCSC(=O)CCC. The van der Waals surface area contributed by atoms with Crippen LogP contribution in [0.3, 0.4) is 0 Å². The maximum Gasteiger partial charge on any atom is 0.472 e. The molecule has 0 heterocycles. The third-order valence-corrected chi connectivity index (χ3v) is 13.7. The van der Waals surface area contributed by atoms with Crippen molar-refractivity contribution in [3.8, 4) is 0 Å². The standard InChI is InChI=1S/C41H79O20P3S/c1-3-5-6-7-8-9-10-11-12-14-17-20-23-27-33(42)58-32(30-34(43)56-28-24-21-18-15-13-16-19-22-25-29-65-35(44)26-4-2)31-57-64(54,55)61-39-36(45)37(46)40(59-62(48,49)50)41(38(39)47)60-63(51,52)53/h32,36-41,45-47H,3-31H2,1-2H3,(H,54,55)(H2,48,49,50)(H2,51,52,53)/t32-,36?,37+,38-,39?,40?,41-/m1/s1. The molecule has 65 heavy (non-hydrogen) atoms. The zero-order chi connectivity index (χ0) is 48.7. The molecule has 20 nitrogen and oxygen atoms in total. The number of phosphoric ester groups is 3. The van der Waals surface area contributed by atoms with E-state index in [2.05, 4.69) is 16.0 Å². The summed E-state index contributed by atoms with van der Waals surface area (Å²) in [4.78, 5) is 84.9. The fourth-order valence-electron chi connectivity index (χ4n) is 7.22. The lowest BCUT2D eigenvalue weighted by Crippen LogP contribution is -2.65. The number of aliphatic hydroxyl groups is 3. The van der Waals surface area contributed by atoms with Gasteiger partial charge in [-0.15, -0.1) is 0 Å². The van der Waals surface area contributed by atoms with Crippen molar-refractivity contribution in [2.24, 2.45) is 0 Å². The van der Waals surface area contributed by atoms with E-state index in [0.29, 0.717) is 19.3 Å². The second-order valence-corrected chi connectivity index (χ2v) is 21.6. The molecule has 0 radical (unpaired) electrons. The van der Waals surface area contributed by atoms with Crippen LogP contribution in [-0.4, -0.2) is 119 Å². The van der Waals surface area contributed by atoms with E-state index >= 15 is 0 Å². The van der Waals surface area contributed by atoms with Crippen molar-refractivity contribution in [1.82, 2.24) is 0 Å². The number of carbonyl (C=O) groups excluding carboxylic acids is 3. The van der Waals surface area contributed by atoms with Gasteiger partial charge in [0.2, 0.25) is 0 Å². The number of ether oxygens (including phenoxy) is 2. The lowest BCUT2D eigenvalue weighted by atomic mass is 9.85. The van der Waals surface area contributed by atoms with E-state index < -0.39 is 91.2 Å². The molecule has 0 aromatic heterocycles. The summed E-state index contributed by atoms with van der Waals surface area (Å²) in [6.45, 7) is 3.31. The Morgan fingerprint density at radius 2 is 0.969 bits per heavy atom. The number of rotatable bonds is 40. The highest BCUT2D eigenvalue weighted by molar-refractivity contribution is 8.13. The van der Waals surface area contributed by atoms with E-state index in [4.69, 9.17) is 18.5 Å². The van der Waals surface area contributed by atoms with Crippen LogP contribution in [0.2, 0.25) is 0 Å². The van der Waals surface area contributed by atoms with Crippen LogP contribution in [0.5, 0.6) is 0 Å². The molecular formula is C41H79O20P3S. The zero-order valence-electron chi connectivity index (χ0n) is 38.3. The smallest absolute Gasteiger partial charge is 0.466 e. The average molecular weight is 1020 g/mol. The highest BCUT2D eigenvalue weighted by Gasteiger charge is 2.56. The summed E-state index contributed by atoms with van der Waals surface area (Å²) in [5, 5.41) is 32.1. The van der Waals surface area contributed by atoms with Gasteiger partial charge in [-0.3, -0.25) is 32.5 Å². The monoisotopic (exact) mass is 1020 g/mol. The van der Waals surface area contributed by atoms with Crippen LogP contribution in [0.15, 0.2) is 0 Å². The number of aliphatic hydroxyl groups excluding tert-OH is 3. The number of unbranched alkanes of at least 4 members (excludes halogenated alkanes) is 20. The first-order valence-electron chi connectivity index (χ1n) is 23.4. The molecule has 8 N–H and O–H groups in total. The predicted octanol–water partition coefficient (Wildman–Crippen LogP) is 7.44. The Hall–Kier alpha value is -0.830. The minimum Gasteiger partial charge on any atom is -0.466 e. The number of thioether (sulfide) groups is 1. The molecule has 1 saturated carbocycles. The third-order valence-electron chi connectivity index (χ3n) is 10.7. The van der Waals surface area contributed by atoms with Gasteiger partial charge >= 0.3 is 35.4 Å². The van der Waals surface area contributed by atoms with Gasteiger partial charge < -0.3 is 49.3 Å². The van der Waals surface area contributed by atoms with Gasteiger partial charge in [-0.05, 0) is 25.7 Å². The summed E-state index contributed by atoms with van der Waals surface area (Å²) in [7, 11) is -16.6. The molecule has 0 amide bonds. The normalized spacial score (nSPS) is 21.8. The lowest BCUT2D eigenvalue weighted by Gasteiger charge is -2.44. The van der Waals surface area contributed by atoms with Crippen LogP contribution < -0.4 is 0 Å². The Kier molecular flexibility index (Phi) is 33.8. The van der Waals surface area contributed by atoms with Crippen molar-refractivity contribution < 1.29 is 95.4 Å². The van der Waals surface area contributed by atoms with Crippen LogP contribution in [-0.2, 0) is 55.6 Å². The number of hydrogen-bond acceptors (Lipinski definition) is 16. The van der Waals surface area contributed by atoms with Crippen molar-refractivity contribution in [2.75, 3.05) is 19.0 Å². The summed E-state index contributed by atoms with van der Waals surface area (Å²) >= 11 is 1.41. The average Bonchev–Trinajstić information content (AvgIpc) is 3.22. The fraction of sp³-hybridized carbons (Fsp3) is 0.927. The molecule has 0 bridgehead atoms. The summed E-state index contributed by atoms with van der Waals surface area (Å²) < 4.78 is 65.4. The first kappa shape index (κ1) is 62.2. The Labute approximate surface area is 389 Å². The van der Waals surface area contributed by atoms with Gasteiger partial charge in [-0.25, -0.2) is 13.7 Å². The predicted molar refractivity (Wildman–Crippen MR) is 242 cm³/mol. The molecule has 0 aromatic rings. The summed E-state index contributed by atoms with van der Waals surface area (Å²) in [6.07, 6.45) is 7.27. The highest BCUT2D eigenvalue weighted by Crippen LogP contribution is 2.51. The first-order chi connectivity index (χ1) is 30.7. The maximum absolute atomic E-state index is 13.1. The maximum atomic E-state index is 13.1. The fourth-order valence-corrected chi connectivity index (χ4v) is 10.2. The molecule has 1 aliphatic rings. The third kappa shape index (κ3) is 31.8. The molecule has 1 aliphatic carbocycles. The topological polar surface area (TPSA) is 320 Å². The van der Waals surface area contributed by atoms with Crippen molar-refractivity contribution >= 4 is 52.3 Å². The van der Waals surface area contributed by atoms with E-state index in [9.17, 15) is 67.9 Å². The number of hydrogen-bond donors (Lipinski definition) is 8. The quantitative estimate of drug-likeness (QED) is 0.0168. The minimum absolute atomic E-state index is 0.0210. The Bertz CT molecular complexity index is 1450. The molecule has 1 rings (SSSR count). The van der Waals surface area contributed by atoms with Crippen LogP contribution in [0.25, 0.3) is 0 Å². The van der Waals surface area contributed by atoms with Gasteiger partial charge in [0.25, 0.3) is 0 Å². The first-order valence-corrected chi connectivity index (χ1v) is 28.9. The molecule has 384 valence electrons. The van der Waals surface area contributed by atoms with Crippen molar-refractivity contribution in [1.29, 1.82) is 0 Å². The second-order valence-electron chi connectivity index (χ2n) is 16.6. The molecule has 0 spiro atoms. The molecule has 0 aliphatic heterocycles. The summed E-state index contributed by atoms with van der Waals surface area (Å²) in [5.74, 6) is -0.664. The molecule has 4 unspecified atom stereocenters. The van der Waals surface area contributed by atoms with Gasteiger partial charge in [0.05, 0.1) is 19.6 Å². The number of esters is 2. The highest BCUT2D eigenvalue weighted by atomic mass is 32.2. The molecule has 0 saturated heterocycles. The van der Waals surface area contributed by atoms with E-state index in [1.807, 2.05) is 6.92 Å². The Balaban J connectivity index is 2.73. The molecule has 24 heteroatoms. The van der Waals surface area contributed by atoms with E-state index in [0.717, 1.165) is 95.6 Å². The summed E-state index contributed by atoms with van der Waals surface area (Å²) in [5.41, 5.74) is 0. The molecule has 0 aromatic carbocycles. The van der Waals surface area contributed by atoms with Gasteiger partial charge in [-0.2, -0.15) is 0 Å². The van der Waals surface area contributed by atoms with Crippen molar-refractivity contribution in [2.45, 2.75) is 224 Å². The van der Waals surface area contributed by atoms with Crippen molar-refractivity contribution in [3.05, 3.63) is 0 Å². The van der Waals surface area contributed by atoms with Gasteiger partial charge in [0.15, 0.2) is 5.12 Å². The van der Waals surface area contributed by atoms with Gasteiger partial charge in [-0.1, -0.05) is 148 Å². The number of carbonyl (C=O) groups is 3. The molecule has 1 fully saturated rings. The minimum atomic E-state index is -5.61. The lowest BCUT2D eigenvalue weighted by molar-refractivity contribution is -0.213. The van der Waals surface area contributed by atoms with Gasteiger partial charge in [0, 0.05) is 18.6 Å². The van der Waals surface area contributed by atoms with Gasteiger partial charge in [0.1, 0.15) is 42.7 Å². The molecule has 8 atom stereocenters. The van der Waals surface area contributed by atoms with E-state index in [1.165, 1.54) is 56.7 Å². The largest absolute Gasteiger partial charge is 0.472 e. The zero-order valence-corrected chi connectivity index (χ0v) is 41.8. The van der Waals surface area contributed by atoms with Crippen LogP contribution in [0, 0.1) is 0 Å². The van der Waals surface area contributed by atoms with Crippen molar-refractivity contribution in [3.63, 3.8) is 0 Å². The number of phosphoric acid groups is 3. The van der Waals surface area contributed by atoms with Crippen LogP contribution in [0.1, 0.15) is 181 Å². The Morgan fingerprint density at radius 1 is 0.523 bits per heavy atom. The summed E-state index contributed by atoms with van der Waals surface area (Å²) in [6, 6.07) is 0. The van der Waals surface area contributed by atoms with Crippen LogP contribution in [0.4, 0.5) is 0 Å².